The minimum Gasteiger partial charge on any atom is -0.309 e. The Hall–Kier alpha value is -1.68. The minimum atomic E-state index is 0.818. The van der Waals surface area contributed by atoms with Crippen molar-refractivity contribution in [3.05, 3.63) is 35.7 Å². The molecule has 82 valence electrons. The molecule has 16 heavy (non-hydrogen) atoms. The van der Waals surface area contributed by atoms with Gasteiger partial charge in [0.15, 0.2) is 5.82 Å². The van der Waals surface area contributed by atoms with E-state index < -0.39 is 0 Å². The van der Waals surface area contributed by atoms with E-state index in [1.54, 1.807) is 0 Å². The second-order valence-corrected chi connectivity index (χ2v) is 4.08. The van der Waals surface area contributed by atoms with E-state index in [0.717, 1.165) is 31.3 Å². The predicted octanol–water partition coefficient (Wildman–Crippen LogP) is 1.36. The standard InChI is InChI=1S/C12H14N4/c1-9-4-2-3-5-10(9)12-15-14-11-8-13-6-7-16(11)12/h2-5,13H,6-8H2,1H3. The SMILES string of the molecule is Cc1ccccc1-c1nnc2n1CCNC2. The average molecular weight is 214 g/mol. The Morgan fingerprint density at radius 2 is 2.12 bits per heavy atom. The predicted molar refractivity (Wildman–Crippen MR) is 61.9 cm³/mol. The molecular weight excluding hydrogens is 200 g/mol. The van der Waals surface area contributed by atoms with Gasteiger partial charge in [-0.2, -0.15) is 0 Å². The van der Waals surface area contributed by atoms with Gasteiger partial charge in [0, 0.05) is 18.7 Å². The first-order valence-electron chi connectivity index (χ1n) is 5.55. The topological polar surface area (TPSA) is 42.7 Å². The number of fused-ring (bicyclic) bond motifs is 1. The van der Waals surface area contributed by atoms with Crippen molar-refractivity contribution >= 4 is 0 Å². The van der Waals surface area contributed by atoms with Crippen molar-refractivity contribution in [1.29, 1.82) is 0 Å². The first-order chi connectivity index (χ1) is 7.86. The van der Waals surface area contributed by atoms with Crippen molar-refractivity contribution < 1.29 is 0 Å². The number of aryl methyl sites for hydroxylation is 1. The van der Waals surface area contributed by atoms with Crippen LogP contribution in [0.15, 0.2) is 24.3 Å². The fraction of sp³-hybridized carbons (Fsp3) is 0.333. The van der Waals surface area contributed by atoms with E-state index in [1.807, 2.05) is 12.1 Å². The molecule has 1 aromatic heterocycles. The van der Waals surface area contributed by atoms with E-state index in [1.165, 1.54) is 11.1 Å². The number of hydrogen-bond acceptors (Lipinski definition) is 3. The number of nitrogens with one attached hydrogen (secondary N) is 1. The number of hydrogen-bond donors (Lipinski definition) is 1. The summed E-state index contributed by atoms with van der Waals surface area (Å²) in [5, 5.41) is 11.8. The first kappa shape index (κ1) is 9.54. The Balaban J connectivity index is 2.13. The van der Waals surface area contributed by atoms with Crippen LogP contribution in [0.4, 0.5) is 0 Å². The number of nitrogens with zero attached hydrogens (tertiary/aromatic N) is 3. The molecular formula is C12H14N4. The van der Waals surface area contributed by atoms with Gasteiger partial charge in [-0.15, -0.1) is 10.2 Å². The van der Waals surface area contributed by atoms with E-state index in [4.69, 9.17) is 0 Å². The summed E-state index contributed by atoms with van der Waals surface area (Å²) in [7, 11) is 0. The number of aromatic nitrogens is 3. The molecule has 1 aliphatic rings. The maximum atomic E-state index is 4.30. The smallest absolute Gasteiger partial charge is 0.164 e. The summed E-state index contributed by atoms with van der Waals surface area (Å²) in [6, 6.07) is 8.31. The summed E-state index contributed by atoms with van der Waals surface area (Å²) < 4.78 is 2.21. The fourth-order valence-corrected chi connectivity index (χ4v) is 2.12. The molecule has 0 unspecified atom stereocenters. The van der Waals surface area contributed by atoms with Crippen LogP contribution in [0.1, 0.15) is 11.4 Å². The number of benzene rings is 1. The molecule has 0 atom stereocenters. The summed E-state index contributed by atoms with van der Waals surface area (Å²) >= 11 is 0. The highest BCUT2D eigenvalue weighted by Crippen LogP contribution is 2.22. The van der Waals surface area contributed by atoms with Crippen LogP contribution in [0.2, 0.25) is 0 Å². The molecule has 0 aliphatic carbocycles. The van der Waals surface area contributed by atoms with Crippen LogP contribution in [-0.4, -0.2) is 21.3 Å². The van der Waals surface area contributed by atoms with Gasteiger partial charge in [-0.25, -0.2) is 0 Å². The molecule has 0 saturated heterocycles. The molecule has 1 aromatic carbocycles. The van der Waals surface area contributed by atoms with Crippen LogP contribution in [0.3, 0.4) is 0 Å². The maximum Gasteiger partial charge on any atom is 0.164 e. The van der Waals surface area contributed by atoms with E-state index in [2.05, 4.69) is 39.1 Å². The Labute approximate surface area is 94.3 Å². The summed E-state index contributed by atoms with van der Waals surface area (Å²) in [5.74, 6) is 2.03. The van der Waals surface area contributed by atoms with Crippen molar-refractivity contribution in [3.63, 3.8) is 0 Å². The van der Waals surface area contributed by atoms with Crippen LogP contribution in [0.5, 0.6) is 0 Å². The Morgan fingerprint density at radius 1 is 1.25 bits per heavy atom. The lowest BCUT2D eigenvalue weighted by atomic mass is 10.1. The van der Waals surface area contributed by atoms with Gasteiger partial charge >= 0.3 is 0 Å². The third-order valence-electron chi connectivity index (χ3n) is 3.01. The zero-order chi connectivity index (χ0) is 11.0. The van der Waals surface area contributed by atoms with Gasteiger partial charge in [0.25, 0.3) is 0 Å². The van der Waals surface area contributed by atoms with Gasteiger partial charge in [-0.1, -0.05) is 24.3 Å². The summed E-state index contributed by atoms with van der Waals surface area (Å²) in [6.45, 7) is 4.87. The van der Waals surface area contributed by atoms with Crippen LogP contribution in [0.25, 0.3) is 11.4 Å². The van der Waals surface area contributed by atoms with E-state index >= 15 is 0 Å². The van der Waals surface area contributed by atoms with Crippen LogP contribution < -0.4 is 5.32 Å². The molecule has 2 aromatic rings. The van der Waals surface area contributed by atoms with Crippen molar-refractivity contribution in [2.75, 3.05) is 6.54 Å². The van der Waals surface area contributed by atoms with Crippen molar-refractivity contribution in [1.82, 2.24) is 20.1 Å². The highest BCUT2D eigenvalue weighted by molar-refractivity contribution is 5.60. The quantitative estimate of drug-likeness (QED) is 0.779. The molecule has 2 heterocycles. The average Bonchev–Trinajstić information content (AvgIpc) is 2.74. The summed E-state index contributed by atoms with van der Waals surface area (Å²) in [4.78, 5) is 0. The molecule has 0 spiro atoms. The minimum absolute atomic E-state index is 0.818. The molecule has 1 aliphatic heterocycles. The molecule has 0 saturated carbocycles. The Bertz CT molecular complexity index is 515. The molecule has 4 nitrogen and oxygen atoms in total. The highest BCUT2D eigenvalue weighted by Gasteiger charge is 2.17. The van der Waals surface area contributed by atoms with Crippen LogP contribution >= 0.6 is 0 Å². The second-order valence-electron chi connectivity index (χ2n) is 4.08. The van der Waals surface area contributed by atoms with Gasteiger partial charge in [-0.3, -0.25) is 0 Å². The largest absolute Gasteiger partial charge is 0.309 e. The van der Waals surface area contributed by atoms with E-state index in [-0.39, 0.29) is 0 Å². The molecule has 0 radical (unpaired) electrons. The third-order valence-corrected chi connectivity index (χ3v) is 3.01. The molecule has 1 N–H and O–H groups in total. The van der Waals surface area contributed by atoms with E-state index in [0.29, 0.717) is 0 Å². The lowest BCUT2D eigenvalue weighted by Gasteiger charge is -2.16. The monoisotopic (exact) mass is 214 g/mol. The van der Waals surface area contributed by atoms with Crippen molar-refractivity contribution in [2.45, 2.75) is 20.0 Å². The molecule has 0 bridgehead atoms. The Morgan fingerprint density at radius 3 is 3.00 bits per heavy atom. The first-order valence-corrected chi connectivity index (χ1v) is 5.55. The lowest BCUT2D eigenvalue weighted by Crippen LogP contribution is -2.28. The zero-order valence-electron chi connectivity index (χ0n) is 9.27. The lowest BCUT2D eigenvalue weighted by molar-refractivity contribution is 0.508. The molecule has 3 rings (SSSR count). The summed E-state index contributed by atoms with van der Waals surface area (Å²) in [6.07, 6.45) is 0. The normalized spacial score (nSPS) is 14.8. The maximum absolute atomic E-state index is 4.30. The van der Waals surface area contributed by atoms with Gasteiger partial charge in [-0.05, 0) is 12.5 Å². The van der Waals surface area contributed by atoms with E-state index in [9.17, 15) is 0 Å². The third kappa shape index (κ3) is 1.42. The zero-order valence-corrected chi connectivity index (χ0v) is 9.27. The van der Waals surface area contributed by atoms with Crippen molar-refractivity contribution in [2.24, 2.45) is 0 Å². The van der Waals surface area contributed by atoms with Gasteiger partial charge in [0.2, 0.25) is 0 Å². The molecule has 4 heteroatoms. The van der Waals surface area contributed by atoms with Crippen LogP contribution in [0, 0.1) is 6.92 Å². The Kier molecular flexibility index (Phi) is 2.22. The second kappa shape index (κ2) is 3.72. The fourth-order valence-electron chi connectivity index (χ4n) is 2.12. The van der Waals surface area contributed by atoms with Gasteiger partial charge in [0.05, 0.1) is 6.54 Å². The number of rotatable bonds is 1. The highest BCUT2D eigenvalue weighted by atomic mass is 15.3. The van der Waals surface area contributed by atoms with Gasteiger partial charge in [0.1, 0.15) is 5.82 Å². The van der Waals surface area contributed by atoms with Crippen LogP contribution in [-0.2, 0) is 13.1 Å². The summed E-state index contributed by atoms with van der Waals surface area (Å²) in [5.41, 5.74) is 2.43. The molecule has 0 amide bonds. The van der Waals surface area contributed by atoms with Crippen molar-refractivity contribution in [3.8, 4) is 11.4 Å². The molecule has 0 fully saturated rings. The van der Waals surface area contributed by atoms with Gasteiger partial charge < -0.3 is 9.88 Å².